The van der Waals surface area contributed by atoms with Crippen molar-refractivity contribution in [2.45, 2.75) is 46.5 Å². The van der Waals surface area contributed by atoms with Gasteiger partial charge in [0.25, 0.3) is 0 Å². The van der Waals surface area contributed by atoms with Gasteiger partial charge in [-0.2, -0.15) is 5.26 Å². The maximum Gasteiger partial charge on any atom is 0.244 e. The van der Waals surface area contributed by atoms with Gasteiger partial charge >= 0.3 is 0 Å². The van der Waals surface area contributed by atoms with Crippen molar-refractivity contribution in [3.8, 4) is 6.07 Å². The minimum Gasteiger partial charge on any atom is -0.324 e. The number of nitrogens with one attached hydrogen (secondary N) is 1. The van der Waals surface area contributed by atoms with Gasteiger partial charge in [-0.3, -0.25) is 4.79 Å². The predicted molar refractivity (Wildman–Crippen MR) is 77.6 cm³/mol. The van der Waals surface area contributed by atoms with Crippen LogP contribution in [0.1, 0.15) is 45.1 Å². The molecule has 0 bridgehead atoms. The summed E-state index contributed by atoms with van der Waals surface area (Å²) < 4.78 is 13.1. The quantitative estimate of drug-likeness (QED) is 0.847. The van der Waals surface area contributed by atoms with E-state index < -0.39 is 5.41 Å². The van der Waals surface area contributed by atoms with Gasteiger partial charge in [0.2, 0.25) is 5.91 Å². The van der Waals surface area contributed by atoms with Crippen molar-refractivity contribution in [1.29, 1.82) is 5.26 Å². The Kier molecular flexibility index (Phi) is 5.69. The van der Waals surface area contributed by atoms with Crippen molar-refractivity contribution < 1.29 is 9.18 Å². The Balaban J connectivity index is 2.99. The van der Waals surface area contributed by atoms with Crippen LogP contribution in [0.4, 0.5) is 10.1 Å². The van der Waals surface area contributed by atoms with Crippen molar-refractivity contribution in [1.82, 2.24) is 0 Å². The Morgan fingerprint density at radius 1 is 1.35 bits per heavy atom. The lowest BCUT2D eigenvalue weighted by Gasteiger charge is -2.25. The Labute approximate surface area is 119 Å². The maximum absolute atomic E-state index is 13.1. The smallest absolute Gasteiger partial charge is 0.244 e. The van der Waals surface area contributed by atoms with E-state index in [9.17, 15) is 14.4 Å². The van der Waals surface area contributed by atoms with E-state index >= 15 is 0 Å². The fraction of sp³-hybridized carbons (Fsp3) is 0.500. The number of nitriles is 1. The van der Waals surface area contributed by atoms with Crippen LogP contribution in [0.25, 0.3) is 0 Å². The predicted octanol–water partition coefficient (Wildman–Crippen LogP) is 4.18. The van der Waals surface area contributed by atoms with Crippen LogP contribution in [0.15, 0.2) is 18.2 Å². The minimum atomic E-state index is -0.996. The third-order valence-corrected chi connectivity index (χ3v) is 3.44. The summed E-state index contributed by atoms with van der Waals surface area (Å²) in [6.45, 7) is 5.64. The lowest BCUT2D eigenvalue weighted by atomic mass is 9.79. The molecular formula is C16H21FN2O. The zero-order chi connectivity index (χ0) is 15.2. The highest BCUT2D eigenvalue weighted by atomic mass is 19.1. The van der Waals surface area contributed by atoms with E-state index in [1.165, 1.54) is 18.2 Å². The molecule has 0 heterocycles. The number of nitrogens with zero attached hydrogens (tertiary/aromatic N) is 1. The summed E-state index contributed by atoms with van der Waals surface area (Å²) in [6, 6.07) is 6.38. The Morgan fingerprint density at radius 3 is 2.40 bits per heavy atom. The molecule has 20 heavy (non-hydrogen) atoms. The Bertz CT molecular complexity index is 514. The normalized spacial score (nSPS) is 10.9. The highest BCUT2D eigenvalue weighted by Crippen LogP contribution is 2.31. The van der Waals surface area contributed by atoms with Gasteiger partial charge in [-0.05, 0) is 43.5 Å². The second-order valence-electron chi connectivity index (χ2n) is 5.11. The monoisotopic (exact) mass is 276 g/mol. The summed E-state index contributed by atoms with van der Waals surface area (Å²) in [4.78, 5) is 12.5. The van der Waals surface area contributed by atoms with Crippen LogP contribution >= 0.6 is 0 Å². The van der Waals surface area contributed by atoms with E-state index in [-0.39, 0.29) is 11.7 Å². The molecule has 0 unspecified atom stereocenters. The number of rotatable bonds is 6. The number of anilines is 1. The molecule has 0 fully saturated rings. The van der Waals surface area contributed by atoms with E-state index in [4.69, 9.17) is 0 Å². The number of amides is 1. The molecule has 1 amide bonds. The Morgan fingerprint density at radius 2 is 1.95 bits per heavy atom. The summed E-state index contributed by atoms with van der Waals surface area (Å²) in [5, 5.41) is 12.2. The summed E-state index contributed by atoms with van der Waals surface area (Å²) in [7, 11) is 0. The van der Waals surface area contributed by atoms with E-state index in [1.807, 2.05) is 13.8 Å². The molecule has 0 aliphatic carbocycles. The first-order valence-electron chi connectivity index (χ1n) is 6.98. The molecule has 1 N–H and O–H groups in total. The van der Waals surface area contributed by atoms with Crippen LogP contribution < -0.4 is 5.32 Å². The zero-order valence-electron chi connectivity index (χ0n) is 12.3. The first kappa shape index (κ1) is 16.2. The lowest BCUT2D eigenvalue weighted by molar-refractivity contribution is -0.123. The zero-order valence-corrected chi connectivity index (χ0v) is 12.3. The summed E-state index contributed by atoms with van der Waals surface area (Å²) in [5.41, 5.74) is 0.214. The standard InChI is InChI=1S/C16H21FN2O/c1-4-8-16(11-18,9-5-2)15(20)19-14-7-6-13(17)10-12(14)3/h6-7,10H,4-5,8-9H2,1-3H3,(H,19,20). The molecule has 108 valence electrons. The fourth-order valence-corrected chi connectivity index (χ4v) is 2.38. The second-order valence-corrected chi connectivity index (χ2v) is 5.11. The lowest BCUT2D eigenvalue weighted by Crippen LogP contribution is -2.35. The van der Waals surface area contributed by atoms with Gasteiger partial charge in [-0.25, -0.2) is 4.39 Å². The highest BCUT2D eigenvalue weighted by molar-refractivity contribution is 5.97. The van der Waals surface area contributed by atoms with Crippen LogP contribution in [0, 0.1) is 29.5 Å². The average molecular weight is 276 g/mol. The van der Waals surface area contributed by atoms with Gasteiger partial charge in [0.05, 0.1) is 6.07 Å². The number of hydrogen-bond acceptors (Lipinski definition) is 2. The van der Waals surface area contributed by atoms with E-state index in [2.05, 4.69) is 11.4 Å². The Hall–Kier alpha value is -1.89. The van der Waals surface area contributed by atoms with Crippen LogP contribution in [-0.2, 0) is 4.79 Å². The van der Waals surface area contributed by atoms with Gasteiger partial charge in [-0.1, -0.05) is 26.7 Å². The molecule has 0 spiro atoms. The van der Waals surface area contributed by atoms with Crippen molar-refractivity contribution in [2.75, 3.05) is 5.32 Å². The van der Waals surface area contributed by atoms with E-state index in [1.54, 1.807) is 6.92 Å². The van der Waals surface area contributed by atoms with Crippen molar-refractivity contribution >= 4 is 11.6 Å². The van der Waals surface area contributed by atoms with Gasteiger partial charge in [-0.15, -0.1) is 0 Å². The average Bonchev–Trinajstić information content (AvgIpc) is 2.41. The molecule has 0 atom stereocenters. The number of carbonyl (C=O) groups excluding carboxylic acids is 1. The van der Waals surface area contributed by atoms with Gasteiger partial charge in [0.15, 0.2) is 0 Å². The highest BCUT2D eigenvalue weighted by Gasteiger charge is 2.37. The molecule has 3 nitrogen and oxygen atoms in total. The number of benzene rings is 1. The molecule has 0 aliphatic rings. The number of aryl methyl sites for hydroxylation is 1. The van der Waals surface area contributed by atoms with Crippen LogP contribution in [0.5, 0.6) is 0 Å². The third kappa shape index (κ3) is 3.57. The summed E-state index contributed by atoms with van der Waals surface area (Å²) in [6.07, 6.45) is 2.60. The molecule has 0 saturated carbocycles. The van der Waals surface area contributed by atoms with Gasteiger partial charge < -0.3 is 5.32 Å². The third-order valence-electron chi connectivity index (χ3n) is 3.44. The molecule has 4 heteroatoms. The van der Waals surface area contributed by atoms with Crippen LogP contribution in [0.2, 0.25) is 0 Å². The summed E-state index contributed by atoms with van der Waals surface area (Å²) in [5.74, 6) is -0.632. The topological polar surface area (TPSA) is 52.9 Å². The molecule has 0 saturated heterocycles. The van der Waals surface area contributed by atoms with Crippen LogP contribution in [0.3, 0.4) is 0 Å². The van der Waals surface area contributed by atoms with Crippen LogP contribution in [-0.4, -0.2) is 5.91 Å². The molecule has 1 aromatic rings. The fourth-order valence-electron chi connectivity index (χ4n) is 2.38. The maximum atomic E-state index is 13.1. The largest absolute Gasteiger partial charge is 0.324 e. The molecular weight excluding hydrogens is 255 g/mol. The molecule has 0 aromatic heterocycles. The van der Waals surface area contributed by atoms with E-state index in [0.29, 0.717) is 24.1 Å². The van der Waals surface area contributed by atoms with Gasteiger partial charge in [0, 0.05) is 5.69 Å². The number of carbonyl (C=O) groups is 1. The molecule has 0 aliphatic heterocycles. The van der Waals surface area contributed by atoms with Gasteiger partial charge in [0.1, 0.15) is 11.2 Å². The van der Waals surface area contributed by atoms with Crippen molar-refractivity contribution in [3.05, 3.63) is 29.6 Å². The summed E-state index contributed by atoms with van der Waals surface area (Å²) >= 11 is 0. The van der Waals surface area contributed by atoms with E-state index in [0.717, 1.165) is 12.8 Å². The second kappa shape index (κ2) is 7.04. The molecule has 1 rings (SSSR count). The van der Waals surface area contributed by atoms with Crippen molar-refractivity contribution in [2.24, 2.45) is 5.41 Å². The number of halogens is 1. The first-order valence-corrected chi connectivity index (χ1v) is 6.98. The van der Waals surface area contributed by atoms with Crippen molar-refractivity contribution in [3.63, 3.8) is 0 Å². The first-order chi connectivity index (χ1) is 9.49. The molecule has 1 aromatic carbocycles. The minimum absolute atomic E-state index is 0.293. The SMILES string of the molecule is CCCC(C#N)(CCC)C(=O)Nc1ccc(F)cc1C. The molecule has 0 radical (unpaired) electrons. The number of hydrogen-bond donors (Lipinski definition) is 1.